The van der Waals surface area contributed by atoms with Crippen LogP contribution < -0.4 is 5.32 Å². The predicted molar refractivity (Wildman–Crippen MR) is 57.4 cm³/mol. The van der Waals surface area contributed by atoms with Crippen LogP contribution in [0.5, 0.6) is 0 Å². The predicted octanol–water partition coefficient (Wildman–Crippen LogP) is 0.707. The third-order valence-electron chi connectivity index (χ3n) is 3.40. The van der Waals surface area contributed by atoms with Crippen LogP contribution in [0.3, 0.4) is 0 Å². The number of fused-ring (bicyclic) bond motifs is 1. The summed E-state index contributed by atoms with van der Waals surface area (Å²) < 4.78 is 5.66. The molecule has 0 aromatic carbocycles. The van der Waals surface area contributed by atoms with Crippen molar-refractivity contribution in [2.24, 2.45) is 5.92 Å². The lowest BCUT2D eigenvalue weighted by molar-refractivity contribution is 0.102. The molecule has 3 heteroatoms. The summed E-state index contributed by atoms with van der Waals surface area (Å²) in [5, 5.41) is 3.47. The zero-order chi connectivity index (χ0) is 9.80. The molecule has 82 valence electrons. The van der Waals surface area contributed by atoms with Crippen molar-refractivity contribution in [2.45, 2.75) is 25.8 Å². The average Bonchev–Trinajstić information content (AvgIpc) is 2.42. The van der Waals surface area contributed by atoms with E-state index in [4.69, 9.17) is 4.74 Å². The van der Waals surface area contributed by atoms with E-state index in [1.807, 2.05) is 0 Å². The van der Waals surface area contributed by atoms with E-state index in [0.717, 1.165) is 38.3 Å². The lowest BCUT2D eigenvalue weighted by Crippen LogP contribution is -2.50. The third kappa shape index (κ3) is 2.27. The van der Waals surface area contributed by atoms with Gasteiger partial charge in [0.2, 0.25) is 0 Å². The van der Waals surface area contributed by atoms with Crippen LogP contribution >= 0.6 is 0 Å². The van der Waals surface area contributed by atoms with E-state index in [9.17, 15) is 0 Å². The Bertz CT molecular complexity index is 175. The van der Waals surface area contributed by atoms with Crippen LogP contribution in [0, 0.1) is 5.92 Å². The SMILES string of the molecule is CCCN1CCOC[C@@H]2CNCC[C@H]21. The van der Waals surface area contributed by atoms with E-state index in [1.54, 1.807) is 0 Å². The van der Waals surface area contributed by atoms with Crippen molar-refractivity contribution in [3.63, 3.8) is 0 Å². The molecule has 2 atom stereocenters. The topological polar surface area (TPSA) is 24.5 Å². The van der Waals surface area contributed by atoms with Crippen LogP contribution in [0.15, 0.2) is 0 Å². The number of ether oxygens (including phenoxy) is 1. The highest BCUT2D eigenvalue weighted by Crippen LogP contribution is 2.21. The summed E-state index contributed by atoms with van der Waals surface area (Å²) in [4.78, 5) is 2.64. The Kier molecular flexibility index (Phi) is 3.79. The van der Waals surface area contributed by atoms with E-state index < -0.39 is 0 Å². The molecule has 0 spiro atoms. The lowest BCUT2D eigenvalue weighted by Gasteiger charge is -2.37. The molecule has 2 aliphatic rings. The van der Waals surface area contributed by atoms with Gasteiger partial charge in [-0.2, -0.15) is 0 Å². The molecule has 0 radical (unpaired) electrons. The number of piperidine rings is 1. The zero-order valence-electron chi connectivity index (χ0n) is 9.17. The van der Waals surface area contributed by atoms with Gasteiger partial charge in [-0.05, 0) is 25.9 Å². The number of rotatable bonds is 2. The summed E-state index contributed by atoms with van der Waals surface area (Å²) in [5.74, 6) is 0.720. The number of hydrogen-bond donors (Lipinski definition) is 1. The highest BCUT2D eigenvalue weighted by atomic mass is 16.5. The van der Waals surface area contributed by atoms with Gasteiger partial charge in [0, 0.05) is 25.0 Å². The van der Waals surface area contributed by atoms with Crippen molar-refractivity contribution in [3.8, 4) is 0 Å². The normalized spacial score (nSPS) is 34.9. The molecular formula is C11H22N2O. The van der Waals surface area contributed by atoms with Crippen LogP contribution in [0.1, 0.15) is 19.8 Å². The minimum Gasteiger partial charge on any atom is -0.380 e. The quantitative estimate of drug-likeness (QED) is 0.707. The van der Waals surface area contributed by atoms with Crippen LogP contribution in [0.2, 0.25) is 0 Å². The Hall–Kier alpha value is -0.120. The summed E-state index contributed by atoms with van der Waals surface area (Å²) in [6, 6.07) is 0.777. The van der Waals surface area contributed by atoms with Gasteiger partial charge in [0.25, 0.3) is 0 Å². The van der Waals surface area contributed by atoms with Gasteiger partial charge in [-0.25, -0.2) is 0 Å². The summed E-state index contributed by atoms with van der Waals surface area (Å²) in [7, 11) is 0. The van der Waals surface area contributed by atoms with E-state index in [2.05, 4.69) is 17.1 Å². The number of hydrogen-bond acceptors (Lipinski definition) is 3. The Morgan fingerprint density at radius 1 is 1.50 bits per heavy atom. The third-order valence-corrected chi connectivity index (χ3v) is 3.40. The van der Waals surface area contributed by atoms with Gasteiger partial charge in [-0.15, -0.1) is 0 Å². The fourth-order valence-electron chi connectivity index (χ4n) is 2.71. The summed E-state index contributed by atoms with van der Waals surface area (Å²) in [6.45, 7) is 8.85. The van der Waals surface area contributed by atoms with Crippen molar-refractivity contribution in [2.75, 3.05) is 39.4 Å². The molecule has 14 heavy (non-hydrogen) atoms. The monoisotopic (exact) mass is 198 g/mol. The second kappa shape index (κ2) is 5.10. The highest BCUT2D eigenvalue weighted by Gasteiger charge is 2.31. The second-order valence-electron chi connectivity index (χ2n) is 4.43. The van der Waals surface area contributed by atoms with Gasteiger partial charge < -0.3 is 10.1 Å². The summed E-state index contributed by atoms with van der Waals surface area (Å²) >= 11 is 0. The smallest absolute Gasteiger partial charge is 0.0593 e. The Labute approximate surface area is 86.8 Å². The van der Waals surface area contributed by atoms with Gasteiger partial charge in [0.15, 0.2) is 0 Å². The zero-order valence-corrected chi connectivity index (χ0v) is 9.17. The van der Waals surface area contributed by atoms with E-state index >= 15 is 0 Å². The number of nitrogens with zero attached hydrogens (tertiary/aromatic N) is 1. The molecule has 0 saturated carbocycles. The van der Waals surface area contributed by atoms with E-state index in [0.29, 0.717) is 0 Å². The van der Waals surface area contributed by atoms with E-state index in [-0.39, 0.29) is 0 Å². The maximum atomic E-state index is 5.66. The molecule has 2 saturated heterocycles. The summed E-state index contributed by atoms with van der Waals surface area (Å²) in [5.41, 5.74) is 0. The van der Waals surface area contributed by atoms with E-state index in [1.165, 1.54) is 25.9 Å². The van der Waals surface area contributed by atoms with Gasteiger partial charge >= 0.3 is 0 Å². The molecule has 2 rings (SSSR count). The minimum atomic E-state index is 0.720. The molecule has 2 heterocycles. The Morgan fingerprint density at radius 3 is 3.29 bits per heavy atom. The molecular weight excluding hydrogens is 176 g/mol. The van der Waals surface area contributed by atoms with Crippen molar-refractivity contribution in [3.05, 3.63) is 0 Å². The van der Waals surface area contributed by atoms with Crippen molar-refractivity contribution in [1.82, 2.24) is 10.2 Å². The standard InChI is InChI=1S/C11H22N2O/c1-2-5-13-6-7-14-9-10-8-12-4-3-11(10)13/h10-12H,2-9H2,1H3/t10-,11+/m0/s1. The first-order chi connectivity index (χ1) is 6.92. The fourth-order valence-corrected chi connectivity index (χ4v) is 2.71. The second-order valence-corrected chi connectivity index (χ2v) is 4.43. The fraction of sp³-hybridized carbons (Fsp3) is 1.00. The Balaban J connectivity index is 1.99. The average molecular weight is 198 g/mol. The molecule has 0 bridgehead atoms. The minimum absolute atomic E-state index is 0.720. The maximum absolute atomic E-state index is 5.66. The largest absolute Gasteiger partial charge is 0.380 e. The molecule has 0 unspecified atom stereocenters. The Morgan fingerprint density at radius 2 is 2.43 bits per heavy atom. The molecule has 0 amide bonds. The molecule has 0 aliphatic carbocycles. The molecule has 1 N–H and O–H groups in total. The highest BCUT2D eigenvalue weighted by molar-refractivity contribution is 4.86. The van der Waals surface area contributed by atoms with Gasteiger partial charge in [-0.3, -0.25) is 4.90 Å². The van der Waals surface area contributed by atoms with Gasteiger partial charge in [-0.1, -0.05) is 6.92 Å². The molecule has 2 aliphatic heterocycles. The van der Waals surface area contributed by atoms with Crippen molar-refractivity contribution < 1.29 is 4.74 Å². The first-order valence-corrected chi connectivity index (χ1v) is 5.94. The number of nitrogens with one attached hydrogen (secondary N) is 1. The van der Waals surface area contributed by atoms with Crippen molar-refractivity contribution in [1.29, 1.82) is 0 Å². The van der Waals surface area contributed by atoms with Gasteiger partial charge in [0.1, 0.15) is 0 Å². The first-order valence-electron chi connectivity index (χ1n) is 5.94. The maximum Gasteiger partial charge on any atom is 0.0593 e. The lowest BCUT2D eigenvalue weighted by atomic mass is 9.93. The first kappa shape index (κ1) is 10.4. The molecule has 3 nitrogen and oxygen atoms in total. The van der Waals surface area contributed by atoms with Crippen molar-refractivity contribution >= 4 is 0 Å². The molecule has 0 aromatic heterocycles. The molecule has 2 fully saturated rings. The van der Waals surface area contributed by atoms with Crippen LogP contribution in [-0.4, -0.2) is 50.3 Å². The molecule has 0 aromatic rings. The van der Waals surface area contributed by atoms with Crippen LogP contribution in [0.4, 0.5) is 0 Å². The van der Waals surface area contributed by atoms with Crippen LogP contribution in [-0.2, 0) is 4.74 Å². The van der Waals surface area contributed by atoms with Crippen LogP contribution in [0.25, 0.3) is 0 Å². The summed E-state index contributed by atoms with van der Waals surface area (Å²) in [6.07, 6.45) is 2.56. The van der Waals surface area contributed by atoms with Gasteiger partial charge in [0.05, 0.1) is 13.2 Å².